The molecule has 1 fully saturated rings. The first-order valence-electron chi connectivity index (χ1n) is 7.12. The maximum Gasteiger partial charge on any atom is 0.235 e. The number of amides is 1. The Morgan fingerprint density at radius 2 is 2.14 bits per heavy atom. The molecule has 2 aromatic rings. The maximum absolute atomic E-state index is 11.9. The average Bonchev–Trinajstić information content (AvgIpc) is 3.05. The minimum Gasteiger partial charge on any atom is -0.345 e. The molecule has 0 aliphatic carbocycles. The maximum atomic E-state index is 11.9. The summed E-state index contributed by atoms with van der Waals surface area (Å²) in [5.74, 6) is 0.184. The Kier molecular flexibility index (Phi) is 4.35. The first-order chi connectivity index (χ1) is 10.5. The molecule has 2 heterocycles. The molecule has 1 atom stereocenters. The first kappa shape index (κ1) is 15.3. The normalized spacial score (nSPS) is 18.0. The van der Waals surface area contributed by atoms with Crippen molar-refractivity contribution in [2.45, 2.75) is 29.9 Å². The molecular weight excluding hydrogens is 316 g/mol. The van der Waals surface area contributed by atoms with Crippen molar-refractivity contribution in [3.05, 3.63) is 29.3 Å². The van der Waals surface area contributed by atoms with Gasteiger partial charge in [0.15, 0.2) is 4.34 Å². The summed E-state index contributed by atoms with van der Waals surface area (Å²) >= 11 is 3.00. The van der Waals surface area contributed by atoms with E-state index in [1.54, 1.807) is 4.90 Å². The van der Waals surface area contributed by atoms with Gasteiger partial charge in [0.2, 0.25) is 11.0 Å². The Morgan fingerprint density at radius 3 is 2.82 bits per heavy atom. The summed E-state index contributed by atoms with van der Waals surface area (Å²) in [6.45, 7) is 5.00. The van der Waals surface area contributed by atoms with Gasteiger partial charge in [-0.05, 0) is 43.5 Å². The van der Waals surface area contributed by atoms with E-state index in [4.69, 9.17) is 0 Å². The lowest BCUT2D eigenvalue weighted by Crippen LogP contribution is -2.23. The van der Waals surface area contributed by atoms with Crippen LogP contribution in [-0.2, 0) is 4.79 Å². The summed E-state index contributed by atoms with van der Waals surface area (Å²) in [7, 11) is 1.84. The number of aromatic nitrogens is 2. The smallest absolute Gasteiger partial charge is 0.235 e. The zero-order valence-electron chi connectivity index (χ0n) is 12.8. The summed E-state index contributed by atoms with van der Waals surface area (Å²) in [6, 6.07) is 6.21. The van der Waals surface area contributed by atoms with Gasteiger partial charge in [-0.2, -0.15) is 0 Å². The number of rotatable bonds is 4. The van der Waals surface area contributed by atoms with Crippen molar-refractivity contribution in [2.75, 3.05) is 18.9 Å². The van der Waals surface area contributed by atoms with Crippen LogP contribution in [0.4, 0.5) is 10.8 Å². The highest BCUT2D eigenvalue weighted by Crippen LogP contribution is 2.34. The summed E-state index contributed by atoms with van der Waals surface area (Å²) in [5, 5.41) is 12.3. The highest BCUT2D eigenvalue weighted by atomic mass is 32.2. The van der Waals surface area contributed by atoms with Crippen molar-refractivity contribution in [1.29, 1.82) is 0 Å². The molecule has 1 aromatic carbocycles. The van der Waals surface area contributed by atoms with Gasteiger partial charge in [0.05, 0.1) is 5.25 Å². The van der Waals surface area contributed by atoms with Crippen molar-refractivity contribution in [2.24, 2.45) is 0 Å². The molecule has 1 unspecified atom stereocenters. The molecule has 1 aliphatic heterocycles. The number of thioether (sulfide) groups is 1. The molecule has 1 saturated heterocycles. The molecular formula is C15H18N4OS2. The van der Waals surface area contributed by atoms with E-state index in [0.717, 1.165) is 28.1 Å². The van der Waals surface area contributed by atoms with Crippen LogP contribution in [0.15, 0.2) is 22.5 Å². The van der Waals surface area contributed by atoms with Crippen LogP contribution >= 0.6 is 23.1 Å². The number of hydrogen-bond acceptors (Lipinski definition) is 6. The number of aryl methyl sites for hydroxylation is 2. The number of nitrogens with zero attached hydrogens (tertiary/aromatic N) is 3. The summed E-state index contributed by atoms with van der Waals surface area (Å²) < 4.78 is 0.833. The van der Waals surface area contributed by atoms with E-state index in [1.807, 2.05) is 13.1 Å². The summed E-state index contributed by atoms with van der Waals surface area (Å²) in [6.07, 6.45) is 0.875. The van der Waals surface area contributed by atoms with Gasteiger partial charge in [-0.3, -0.25) is 4.79 Å². The third-order valence-corrected chi connectivity index (χ3v) is 5.96. The van der Waals surface area contributed by atoms with Gasteiger partial charge in [0, 0.05) is 19.3 Å². The topological polar surface area (TPSA) is 58.1 Å². The van der Waals surface area contributed by atoms with Crippen LogP contribution < -0.4 is 5.32 Å². The third-order valence-electron chi connectivity index (χ3n) is 3.79. The molecule has 0 bridgehead atoms. The molecule has 116 valence electrons. The Morgan fingerprint density at radius 1 is 1.32 bits per heavy atom. The second-order valence-corrected chi connectivity index (χ2v) is 7.88. The molecule has 1 N–H and O–H groups in total. The van der Waals surface area contributed by atoms with Crippen LogP contribution in [-0.4, -0.2) is 39.8 Å². The molecule has 0 radical (unpaired) electrons. The second kappa shape index (κ2) is 6.26. The SMILES string of the molecule is Cc1ccc(Nc2nnc(SC3CCN(C)C3=O)s2)cc1C. The highest BCUT2D eigenvalue weighted by molar-refractivity contribution is 8.02. The fourth-order valence-electron chi connectivity index (χ4n) is 2.27. The van der Waals surface area contributed by atoms with Crippen molar-refractivity contribution in [3.8, 4) is 0 Å². The number of carbonyl (C=O) groups is 1. The lowest BCUT2D eigenvalue weighted by atomic mass is 10.1. The molecule has 0 saturated carbocycles. The quantitative estimate of drug-likeness (QED) is 0.930. The van der Waals surface area contributed by atoms with E-state index in [2.05, 4.69) is 41.5 Å². The lowest BCUT2D eigenvalue weighted by Gasteiger charge is -2.07. The Balaban J connectivity index is 1.66. The van der Waals surface area contributed by atoms with E-state index >= 15 is 0 Å². The molecule has 3 rings (SSSR count). The zero-order chi connectivity index (χ0) is 15.7. The largest absolute Gasteiger partial charge is 0.345 e. The van der Waals surface area contributed by atoms with E-state index < -0.39 is 0 Å². The van der Waals surface area contributed by atoms with Gasteiger partial charge in [0.25, 0.3) is 0 Å². The molecule has 0 spiro atoms. The molecule has 7 heteroatoms. The van der Waals surface area contributed by atoms with Crippen LogP contribution in [0, 0.1) is 13.8 Å². The van der Waals surface area contributed by atoms with Gasteiger partial charge < -0.3 is 10.2 Å². The van der Waals surface area contributed by atoms with Gasteiger partial charge in [0.1, 0.15) is 0 Å². The van der Waals surface area contributed by atoms with E-state index in [9.17, 15) is 4.79 Å². The van der Waals surface area contributed by atoms with Gasteiger partial charge in [-0.1, -0.05) is 29.2 Å². The highest BCUT2D eigenvalue weighted by Gasteiger charge is 2.30. The van der Waals surface area contributed by atoms with Gasteiger partial charge in [-0.25, -0.2) is 0 Å². The number of benzene rings is 1. The minimum absolute atomic E-state index is 0.0209. The van der Waals surface area contributed by atoms with Crippen molar-refractivity contribution < 1.29 is 4.79 Å². The summed E-state index contributed by atoms with van der Waals surface area (Å²) in [4.78, 5) is 13.7. The monoisotopic (exact) mass is 334 g/mol. The van der Waals surface area contributed by atoms with Crippen molar-refractivity contribution >= 4 is 39.8 Å². The van der Waals surface area contributed by atoms with E-state index in [1.165, 1.54) is 34.2 Å². The predicted molar refractivity (Wildman–Crippen MR) is 91.0 cm³/mol. The molecule has 22 heavy (non-hydrogen) atoms. The average molecular weight is 334 g/mol. The number of likely N-dealkylation sites (tertiary alicyclic amines) is 1. The standard InChI is InChI=1S/C15H18N4OS2/c1-9-4-5-11(8-10(9)2)16-14-17-18-15(22-14)21-12-6-7-19(3)13(12)20/h4-5,8,12H,6-7H2,1-3H3,(H,16,17). The Labute approximate surface area is 138 Å². The van der Waals surface area contributed by atoms with E-state index in [0.29, 0.717) is 0 Å². The zero-order valence-corrected chi connectivity index (χ0v) is 14.4. The molecule has 1 aromatic heterocycles. The minimum atomic E-state index is -0.0209. The Hall–Kier alpha value is -1.60. The summed E-state index contributed by atoms with van der Waals surface area (Å²) in [5.41, 5.74) is 3.51. The van der Waals surface area contributed by atoms with Crippen LogP contribution in [0.2, 0.25) is 0 Å². The molecule has 1 amide bonds. The van der Waals surface area contributed by atoms with Gasteiger partial charge >= 0.3 is 0 Å². The van der Waals surface area contributed by atoms with Crippen LogP contribution in [0.5, 0.6) is 0 Å². The number of carbonyl (C=O) groups excluding carboxylic acids is 1. The van der Waals surface area contributed by atoms with Crippen LogP contribution in [0.1, 0.15) is 17.5 Å². The lowest BCUT2D eigenvalue weighted by molar-refractivity contribution is -0.126. The number of hydrogen-bond donors (Lipinski definition) is 1. The molecule has 1 aliphatic rings. The third kappa shape index (κ3) is 3.25. The predicted octanol–water partition coefficient (Wildman–Crippen LogP) is 3.22. The molecule has 5 nitrogen and oxygen atoms in total. The fourth-order valence-corrected chi connectivity index (χ4v) is 4.38. The van der Waals surface area contributed by atoms with E-state index in [-0.39, 0.29) is 11.2 Å². The second-order valence-electron chi connectivity index (χ2n) is 5.45. The number of nitrogens with one attached hydrogen (secondary N) is 1. The number of anilines is 2. The fraction of sp³-hybridized carbons (Fsp3) is 0.400. The first-order valence-corrected chi connectivity index (χ1v) is 8.82. The van der Waals surface area contributed by atoms with Crippen LogP contribution in [0.25, 0.3) is 0 Å². The van der Waals surface area contributed by atoms with Crippen molar-refractivity contribution in [3.63, 3.8) is 0 Å². The Bertz CT molecular complexity index is 701. The van der Waals surface area contributed by atoms with Crippen molar-refractivity contribution in [1.82, 2.24) is 15.1 Å². The van der Waals surface area contributed by atoms with Crippen LogP contribution in [0.3, 0.4) is 0 Å². The van der Waals surface area contributed by atoms with Gasteiger partial charge in [-0.15, -0.1) is 10.2 Å².